The zero-order valence-corrected chi connectivity index (χ0v) is 17.0. The van der Waals surface area contributed by atoms with Gasteiger partial charge in [-0.2, -0.15) is 0 Å². The van der Waals surface area contributed by atoms with Crippen LogP contribution in [0.15, 0.2) is 0 Å². The van der Waals surface area contributed by atoms with Crippen LogP contribution in [0.1, 0.15) is 61.8 Å². The van der Waals surface area contributed by atoms with Crippen LogP contribution in [0.25, 0.3) is 0 Å². The van der Waals surface area contributed by atoms with Crippen LogP contribution in [-0.4, -0.2) is 37.7 Å². The fraction of sp³-hybridized carbons (Fsp3) is 0.895. The van der Waals surface area contributed by atoms with Crippen molar-refractivity contribution in [2.24, 2.45) is 23.7 Å². The Hall–Kier alpha value is -1.46. The molecule has 0 spiro atoms. The van der Waals surface area contributed by atoms with Crippen molar-refractivity contribution in [2.45, 2.75) is 74.0 Å². The van der Waals surface area contributed by atoms with E-state index in [4.69, 9.17) is 18.9 Å². The summed E-state index contributed by atoms with van der Waals surface area (Å²) in [5.41, 5.74) is 0. The predicted octanol–water partition coefficient (Wildman–Crippen LogP) is 5.04. The molecule has 0 N–H and O–H groups in total. The van der Waals surface area contributed by atoms with Gasteiger partial charge in [0.1, 0.15) is 12.2 Å². The number of rotatable bonds is 10. The monoisotopic (exact) mass is 360 g/mol. The van der Waals surface area contributed by atoms with E-state index in [1.165, 1.54) is 0 Å². The summed E-state index contributed by atoms with van der Waals surface area (Å²) >= 11 is 0. The third-order valence-electron chi connectivity index (χ3n) is 3.52. The third kappa shape index (κ3) is 11.7. The van der Waals surface area contributed by atoms with Gasteiger partial charge in [0.05, 0.1) is 13.2 Å². The summed E-state index contributed by atoms with van der Waals surface area (Å²) in [6, 6.07) is 0. The molecule has 0 heterocycles. The van der Waals surface area contributed by atoms with Crippen LogP contribution in [-0.2, 0) is 18.9 Å². The minimum absolute atomic E-state index is 0.0723. The van der Waals surface area contributed by atoms with E-state index >= 15 is 0 Å². The summed E-state index contributed by atoms with van der Waals surface area (Å²) in [4.78, 5) is 23.7. The maximum atomic E-state index is 11.8. The van der Waals surface area contributed by atoms with Crippen molar-refractivity contribution >= 4 is 12.3 Å². The third-order valence-corrected chi connectivity index (χ3v) is 3.52. The molecular weight excluding hydrogens is 324 g/mol. The first kappa shape index (κ1) is 23.5. The van der Waals surface area contributed by atoms with Crippen LogP contribution in [0, 0.1) is 23.7 Å². The second-order valence-corrected chi connectivity index (χ2v) is 7.95. The SMILES string of the molecule is CC(C)COC(=O)OC(CC(OC(=O)OCC(C)C)C(C)C)C(C)C. The smallest absolute Gasteiger partial charge is 0.434 e. The second-order valence-electron chi connectivity index (χ2n) is 7.95. The van der Waals surface area contributed by atoms with Crippen LogP contribution in [0.4, 0.5) is 9.59 Å². The van der Waals surface area contributed by atoms with E-state index in [1.54, 1.807) is 0 Å². The molecule has 0 bridgehead atoms. The minimum atomic E-state index is -0.683. The zero-order valence-electron chi connectivity index (χ0n) is 17.0. The Labute approximate surface area is 152 Å². The second kappa shape index (κ2) is 12.0. The van der Waals surface area contributed by atoms with Crippen molar-refractivity contribution < 1.29 is 28.5 Å². The highest BCUT2D eigenvalue weighted by Gasteiger charge is 2.28. The van der Waals surface area contributed by atoms with Gasteiger partial charge in [-0.1, -0.05) is 55.4 Å². The molecule has 0 aliphatic heterocycles. The molecule has 0 amide bonds. The van der Waals surface area contributed by atoms with Gasteiger partial charge in [-0.05, 0) is 23.7 Å². The Kier molecular flexibility index (Phi) is 11.3. The molecule has 6 heteroatoms. The molecule has 25 heavy (non-hydrogen) atoms. The first-order valence-electron chi connectivity index (χ1n) is 9.19. The molecule has 2 atom stereocenters. The summed E-state index contributed by atoms with van der Waals surface area (Å²) in [6.45, 7) is 16.3. The van der Waals surface area contributed by atoms with Crippen molar-refractivity contribution in [1.82, 2.24) is 0 Å². The average molecular weight is 360 g/mol. The van der Waals surface area contributed by atoms with Gasteiger partial charge in [-0.3, -0.25) is 0 Å². The lowest BCUT2D eigenvalue weighted by Crippen LogP contribution is -2.34. The molecule has 0 saturated carbocycles. The highest BCUT2D eigenvalue weighted by atomic mass is 16.7. The molecule has 0 radical (unpaired) electrons. The zero-order chi connectivity index (χ0) is 19.6. The summed E-state index contributed by atoms with van der Waals surface area (Å²) in [6.07, 6.45) is -1.76. The molecule has 0 aliphatic carbocycles. The molecule has 0 fully saturated rings. The van der Waals surface area contributed by atoms with E-state index in [9.17, 15) is 9.59 Å². The van der Waals surface area contributed by atoms with E-state index in [0.717, 1.165) is 0 Å². The average Bonchev–Trinajstić information content (AvgIpc) is 2.48. The van der Waals surface area contributed by atoms with Gasteiger partial charge in [-0.15, -0.1) is 0 Å². The fourth-order valence-corrected chi connectivity index (χ4v) is 1.93. The van der Waals surface area contributed by atoms with Gasteiger partial charge in [0.25, 0.3) is 0 Å². The molecule has 0 aromatic rings. The highest BCUT2D eigenvalue weighted by Crippen LogP contribution is 2.21. The van der Waals surface area contributed by atoms with Crippen LogP contribution in [0.2, 0.25) is 0 Å². The Morgan fingerprint density at radius 2 is 0.960 bits per heavy atom. The lowest BCUT2D eigenvalue weighted by atomic mass is 9.95. The van der Waals surface area contributed by atoms with E-state index in [2.05, 4.69) is 0 Å². The van der Waals surface area contributed by atoms with Crippen LogP contribution in [0.5, 0.6) is 0 Å². The fourth-order valence-electron chi connectivity index (χ4n) is 1.93. The summed E-state index contributed by atoms with van der Waals surface area (Å²) in [7, 11) is 0. The van der Waals surface area contributed by atoms with Crippen molar-refractivity contribution in [3.8, 4) is 0 Å². The number of hydrogen-bond acceptors (Lipinski definition) is 6. The normalized spacial score (nSPS) is 13.9. The summed E-state index contributed by atoms with van der Waals surface area (Å²) in [5, 5.41) is 0. The van der Waals surface area contributed by atoms with Crippen LogP contribution in [0.3, 0.4) is 0 Å². The first-order chi connectivity index (χ1) is 11.5. The van der Waals surface area contributed by atoms with Gasteiger partial charge in [0.15, 0.2) is 0 Å². The quantitative estimate of drug-likeness (QED) is 0.508. The van der Waals surface area contributed by atoms with Crippen molar-refractivity contribution in [3.05, 3.63) is 0 Å². The van der Waals surface area contributed by atoms with E-state index in [1.807, 2.05) is 55.4 Å². The lowest BCUT2D eigenvalue weighted by Gasteiger charge is -2.28. The largest absolute Gasteiger partial charge is 0.508 e. The van der Waals surface area contributed by atoms with Gasteiger partial charge in [0.2, 0.25) is 0 Å². The molecule has 148 valence electrons. The summed E-state index contributed by atoms with van der Waals surface area (Å²) in [5.74, 6) is 0.631. The molecule has 0 aromatic carbocycles. The van der Waals surface area contributed by atoms with E-state index in [-0.39, 0.29) is 23.7 Å². The van der Waals surface area contributed by atoms with Crippen LogP contribution < -0.4 is 0 Å². The lowest BCUT2D eigenvalue weighted by molar-refractivity contribution is -0.0420. The van der Waals surface area contributed by atoms with Crippen molar-refractivity contribution in [3.63, 3.8) is 0 Å². The maximum absolute atomic E-state index is 11.8. The molecule has 0 rings (SSSR count). The van der Waals surface area contributed by atoms with Gasteiger partial charge in [-0.25, -0.2) is 9.59 Å². The first-order valence-corrected chi connectivity index (χ1v) is 9.19. The van der Waals surface area contributed by atoms with E-state index < -0.39 is 24.5 Å². The maximum Gasteiger partial charge on any atom is 0.508 e. The Morgan fingerprint density at radius 1 is 0.640 bits per heavy atom. The Morgan fingerprint density at radius 3 is 1.20 bits per heavy atom. The number of ether oxygens (including phenoxy) is 4. The molecule has 0 aromatic heterocycles. The van der Waals surface area contributed by atoms with Crippen molar-refractivity contribution in [1.29, 1.82) is 0 Å². The molecule has 6 nitrogen and oxygen atoms in total. The predicted molar refractivity (Wildman–Crippen MR) is 96.4 cm³/mol. The Bertz CT molecular complexity index is 353. The van der Waals surface area contributed by atoms with Crippen LogP contribution >= 0.6 is 0 Å². The molecule has 0 aliphatic rings. The highest BCUT2D eigenvalue weighted by molar-refractivity contribution is 5.60. The molecule has 2 unspecified atom stereocenters. The number of carbonyl (C=O) groups is 2. The molecule has 0 saturated heterocycles. The van der Waals surface area contributed by atoms with Gasteiger partial charge in [0, 0.05) is 6.42 Å². The van der Waals surface area contributed by atoms with E-state index in [0.29, 0.717) is 19.6 Å². The summed E-state index contributed by atoms with van der Waals surface area (Å²) < 4.78 is 21.0. The van der Waals surface area contributed by atoms with Gasteiger partial charge >= 0.3 is 12.3 Å². The molecular formula is C19H36O6. The number of hydrogen-bond donors (Lipinski definition) is 0. The number of carbonyl (C=O) groups excluding carboxylic acids is 2. The topological polar surface area (TPSA) is 71.1 Å². The van der Waals surface area contributed by atoms with Gasteiger partial charge < -0.3 is 18.9 Å². The van der Waals surface area contributed by atoms with Crippen molar-refractivity contribution in [2.75, 3.05) is 13.2 Å². The minimum Gasteiger partial charge on any atom is -0.434 e. The Balaban J connectivity index is 4.69. The standard InChI is InChI=1S/C19H36O6/c1-12(2)10-22-18(20)24-16(14(5)6)9-17(15(7)8)25-19(21)23-11-13(3)4/h12-17H,9-11H2,1-8H3.